The van der Waals surface area contributed by atoms with Crippen molar-refractivity contribution in [3.8, 4) is 0 Å². The van der Waals surface area contributed by atoms with E-state index in [2.05, 4.69) is 39.8 Å². The van der Waals surface area contributed by atoms with Gasteiger partial charge in [0.2, 0.25) is 0 Å². The van der Waals surface area contributed by atoms with Gasteiger partial charge in [-0.1, -0.05) is 37.1 Å². The second-order valence-corrected chi connectivity index (χ2v) is 11.8. The van der Waals surface area contributed by atoms with Crippen LogP contribution in [0.25, 0.3) is 0 Å². The third-order valence-corrected chi connectivity index (χ3v) is 8.60. The predicted molar refractivity (Wildman–Crippen MR) is 145 cm³/mol. The number of halogens is 3. The lowest BCUT2D eigenvalue weighted by atomic mass is 9.72. The fourth-order valence-corrected chi connectivity index (χ4v) is 6.28. The van der Waals surface area contributed by atoms with E-state index in [0.717, 1.165) is 31.2 Å². The first kappa shape index (κ1) is 27.9. The Bertz CT molecular complexity index is 1340. The zero-order chi connectivity index (χ0) is 28.5. The molecular weight excluding hydrogens is 543 g/mol. The van der Waals surface area contributed by atoms with Crippen molar-refractivity contribution in [1.82, 2.24) is 25.5 Å². The summed E-state index contributed by atoms with van der Waals surface area (Å²) in [4.78, 5) is 29.9. The number of aromatic nitrogens is 4. The van der Waals surface area contributed by atoms with Gasteiger partial charge >= 0.3 is 11.5 Å². The number of rotatable bonds is 7. The first-order chi connectivity index (χ1) is 19.0. The van der Waals surface area contributed by atoms with Crippen LogP contribution >= 0.6 is 11.8 Å². The highest BCUT2D eigenvalue weighted by atomic mass is 32.2. The second kappa shape index (κ2) is 11.1. The van der Waals surface area contributed by atoms with Crippen molar-refractivity contribution >= 4 is 35.3 Å². The Kier molecular flexibility index (Phi) is 7.76. The van der Waals surface area contributed by atoms with Gasteiger partial charge in [-0.2, -0.15) is 18.4 Å². The molecule has 3 amide bonds. The number of carbonyl (C=O) groups is 2. The average molecular weight is 574 g/mol. The molecule has 1 aliphatic heterocycles. The summed E-state index contributed by atoms with van der Waals surface area (Å²) in [6.45, 7) is 5.17. The molecule has 2 N–H and O–H groups in total. The lowest BCUT2D eigenvalue weighted by Gasteiger charge is -2.43. The molecule has 40 heavy (non-hydrogen) atoms. The predicted octanol–water partition coefficient (Wildman–Crippen LogP) is 6.09. The molecule has 2 fully saturated rings. The van der Waals surface area contributed by atoms with E-state index in [9.17, 15) is 22.8 Å². The van der Waals surface area contributed by atoms with Crippen molar-refractivity contribution < 1.29 is 22.8 Å². The molecule has 0 bridgehead atoms. The van der Waals surface area contributed by atoms with Gasteiger partial charge in [0, 0.05) is 22.7 Å². The van der Waals surface area contributed by atoms with Gasteiger partial charge in [0.15, 0.2) is 0 Å². The third kappa shape index (κ3) is 6.08. The van der Waals surface area contributed by atoms with Gasteiger partial charge in [-0.3, -0.25) is 15.0 Å². The van der Waals surface area contributed by atoms with Crippen LogP contribution in [0.1, 0.15) is 55.5 Å². The van der Waals surface area contributed by atoms with Crippen LogP contribution in [0.5, 0.6) is 0 Å². The number of carbonyl (C=O) groups excluding carboxylic acids is 2. The minimum absolute atomic E-state index is 0.0449. The highest BCUT2D eigenvalue weighted by Crippen LogP contribution is 2.46. The molecule has 1 saturated carbocycles. The quantitative estimate of drug-likeness (QED) is 0.331. The van der Waals surface area contributed by atoms with E-state index >= 15 is 0 Å². The lowest BCUT2D eigenvalue weighted by molar-refractivity contribution is -0.0328. The van der Waals surface area contributed by atoms with E-state index in [1.807, 2.05) is 4.90 Å². The van der Waals surface area contributed by atoms with Crippen LogP contribution < -0.4 is 10.2 Å². The maximum atomic E-state index is 13.9. The van der Waals surface area contributed by atoms with Crippen molar-refractivity contribution in [3.05, 3.63) is 59.7 Å². The maximum Gasteiger partial charge on any atom is 0.446 e. The molecule has 13 heteroatoms. The third-order valence-electron chi connectivity index (χ3n) is 7.88. The Morgan fingerprint density at radius 3 is 2.52 bits per heavy atom. The largest absolute Gasteiger partial charge is 0.446 e. The fraction of sp³-hybridized carbons (Fsp3) is 0.444. The van der Waals surface area contributed by atoms with E-state index < -0.39 is 17.0 Å². The maximum absolute atomic E-state index is 13.9. The molecule has 2 heterocycles. The zero-order valence-corrected chi connectivity index (χ0v) is 22.9. The van der Waals surface area contributed by atoms with Crippen LogP contribution in [-0.2, 0) is 6.54 Å². The molecule has 5 rings (SSSR count). The molecule has 2 aromatic carbocycles. The average Bonchev–Trinajstić information content (AvgIpc) is 3.51. The number of hydrogen-bond donors (Lipinski definition) is 2. The van der Waals surface area contributed by atoms with Crippen molar-refractivity contribution in [2.45, 2.75) is 62.0 Å². The number of thioether (sulfide) groups is 1. The lowest BCUT2D eigenvalue weighted by Crippen LogP contribution is -2.49. The molecule has 9 nitrogen and oxygen atoms in total. The Labute approximate surface area is 233 Å². The standard InChI is InChI=1S/C27H30F3N7O2S/c1-17(2)19-10-12-26(13-11-19)16-36(21-4-3-5-22(14-21)40-27(28,29)30)25(39)37(26)15-18-6-8-20(9-7-18)23(38)31-24-32-34-35-33-24/h3-9,14,17,19H,10-13,15-16H2,1-2H3,(H2,31,32,33,34,35,38). The van der Waals surface area contributed by atoms with Crippen LogP contribution in [-0.4, -0.2) is 55.1 Å². The Morgan fingerprint density at radius 2 is 1.90 bits per heavy atom. The Morgan fingerprint density at radius 1 is 1.18 bits per heavy atom. The summed E-state index contributed by atoms with van der Waals surface area (Å²) in [5.74, 6) is 0.784. The monoisotopic (exact) mass is 573 g/mol. The van der Waals surface area contributed by atoms with Gasteiger partial charge in [0.05, 0.1) is 12.1 Å². The number of tetrazole rings is 1. The highest BCUT2D eigenvalue weighted by molar-refractivity contribution is 8.00. The van der Waals surface area contributed by atoms with Crippen molar-refractivity contribution in [2.24, 2.45) is 11.8 Å². The summed E-state index contributed by atoms with van der Waals surface area (Å²) < 4.78 is 39.1. The number of amides is 3. The van der Waals surface area contributed by atoms with E-state index in [-0.39, 0.29) is 28.6 Å². The van der Waals surface area contributed by atoms with Gasteiger partial charge < -0.3 is 4.90 Å². The summed E-state index contributed by atoms with van der Waals surface area (Å²) >= 11 is -0.184. The number of hydrogen-bond acceptors (Lipinski definition) is 6. The molecule has 1 aromatic heterocycles. The minimum Gasteiger partial charge on any atom is -0.313 e. The smallest absolute Gasteiger partial charge is 0.313 e. The molecule has 2 aliphatic rings. The molecule has 0 unspecified atom stereocenters. The van der Waals surface area contributed by atoms with E-state index in [0.29, 0.717) is 36.2 Å². The number of benzene rings is 2. The number of anilines is 2. The van der Waals surface area contributed by atoms with Crippen LogP contribution in [0, 0.1) is 11.8 Å². The summed E-state index contributed by atoms with van der Waals surface area (Å²) in [6, 6.07) is 12.8. The number of H-pyrrole nitrogens is 1. The molecule has 212 valence electrons. The van der Waals surface area contributed by atoms with Crippen LogP contribution in [0.3, 0.4) is 0 Å². The van der Waals surface area contributed by atoms with Gasteiger partial charge in [-0.05, 0) is 90.4 Å². The van der Waals surface area contributed by atoms with E-state index in [4.69, 9.17) is 0 Å². The summed E-state index contributed by atoms with van der Waals surface area (Å²) in [5.41, 5.74) is -3.14. The Balaban J connectivity index is 1.38. The minimum atomic E-state index is -4.41. The molecule has 3 aromatic rings. The van der Waals surface area contributed by atoms with Crippen molar-refractivity contribution in [3.63, 3.8) is 0 Å². The van der Waals surface area contributed by atoms with Crippen molar-refractivity contribution in [1.29, 1.82) is 0 Å². The molecule has 1 saturated heterocycles. The van der Waals surface area contributed by atoms with Gasteiger partial charge in [-0.15, -0.1) is 5.10 Å². The molecular formula is C27H30F3N7O2S. The fourth-order valence-electron chi connectivity index (χ4n) is 5.69. The van der Waals surface area contributed by atoms with E-state index in [1.165, 1.54) is 12.1 Å². The SMILES string of the molecule is CC(C)C1CCC2(CC1)CN(c1cccc(SC(F)(F)F)c1)C(=O)N2Cc1ccc(C(=O)Nc2nn[nH]n2)cc1. The van der Waals surface area contributed by atoms with Crippen LogP contribution in [0.4, 0.5) is 29.6 Å². The molecule has 0 atom stereocenters. The number of nitrogens with zero attached hydrogens (tertiary/aromatic N) is 5. The first-order valence-electron chi connectivity index (χ1n) is 13.1. The highest BCUT2D eigenvalue weighted by Gasteiger charge is 2.51. The summed E-state index contributed by atoms with van der Waals surface area (Å²) in [7, 11) is 0. The molecule has 1 aliphatic carbocycles. The number of alkyl halides is 3. The number of aromatic amines is 1. The van der Waals surface area contributed by atoms with Crippen molar-refractivity contribution in [2.75, 3.05) is 16.8 Å². The first-order valence-corrected chi connectivity index (χ1v) is 13.9. The second-order valence-electron chi connectivity index (χ2n) is 10.7. The van der Waals surface area contributed by atoms with E-state index in [1.54, 1.807) is 41.3 Å². The number of nitrogens with one attached hydrogen (secondary N) is 2. The molecule has 1 spiro atoms. The van der Waals surface area contributed by atoms with Gasteiger partial charge in [-0.25, -0.2) is 4.79 Å². The van der Waals surface area contributed by atoms with Gasteiger partial charge in [0.1, 0.15) is 0 Å². The topological polar surface area (TPSA) is 107 Å². The summed E-state index contributed by atoms with van der Waals surface area (Å²) in [6.07, 6.45) is 3.60. The van der Waals surface area contributed by atoms with Gasteiger partial charge in [0.25, 0.3) is 11.9 Å². The Hall–Kier alpha value is -3.61. The molecule has 0 radical (unpaired) electrons. The normalized spacial score (nSPS) is 21.4. The van der Waals surface area contributed by atoms with Crippen LogP contribution in [0.15, 0.2) is 53.4 Å². The zero-order valence-electron chi connectivity index (χ0n) is 22.1. The number of urea groups is 1. The van der Waals surface area contributed by atoms with Crippen LogP contribution in [0.2, 0.25) is 0 Å². The summed E-state index contributed by atoms with van der Waals surface area (Å²) in [5, 5.41) is 15.6.